The standard InChI is InChI=1S/C22H41N5O6/c1-19(2)4-3-5-23-20(29)16-25-8-6-24(14-15-28)7-9-26(17-21(30)31)12-13-27(11-10-25)18-22(32)33/h15,19H,3-14,16-18H2,1-2H3,(H,23,29)(H,30,31)(H,32,33). The number of aldehydes is 1. The van der Waals surface area contributed by atoms with Crippen LogP contribution in [0.15, 0.2) is 0 Å². The minimum Gasteiger partial charge on any atom is -0.480 e. The van der Waals surface area contributed by atoms with Gasteiger partial charge in [0.2, 0.25) is 5.91 Å². The first-order chi connectivity index (χ1) is 15.7. The molecule has 1 saturated heterocycles. The van der Waals surface area contributed by atoms with Gasteiger partial charge in [-0.15, -0.1) is 0 Å². The molecule has 1 aliphatic heterocycles. The van der Waals surface area contributed by atoms with Crippen molar-refractivity contribution in [2.75, 3.05) is 85.1 Å². The van der Waals surface area contributed by atoms with Gasteiger partial charge in [-0.3, -0.25) is 34.0 Å². The largest absolute Gasteiger partial charge is 0.480 e. The van der Waals surface area contributed by atoms with Crippen LogP contribution in [0.5, 0.6) is 0 Å². The highest BCUT2D eigenvalue weighted by Crippen LogP contribution is 2.03. The molecule has 0 bridgehead atoms. The van der Waals surface area contributed by atoms with E-state index >= 15 is 0 Å². The predicted octanol–water partition coefficient (Wildman–Crippen LogP) is -0.871. The number of hydrogen-bond donors (Lipinski definition) is 3. The third-order valence-corrected chi connectivity index (χ3v) is 5.63. The molecule has 1 amide bonds. The first kappa shape index (κ1) is 29.0. The molecule has 0 spiro atoms. The van der Waals surface area contributed by atoms with Crippen LogP contribution < -0.4 is 5.32 Å². The van der Waals surface area contributed by atoms with Gasteiger partial charge in [0.15, 0.2) is 0 Å². The van der Waals surface area contributed by atoms with Crippen LogP contribution in [0.4, 0.5) is 0 Å². The summed E-state index contributed by atoms with van der Waals surface area (Å²) >= 11 is 0. The maximum atomic E-state index is 12.5. The first-order valence-corrected chi connectivity index (χ1v) is 11.7. The highest BCUT2D eigenvalue weighted by atomic mass is 16.4. The molecule has 33 heavy (non-hydrogen) atoms. The number of nitrogens with one attached hydrogen (secondary N) is 1. The Kier molecular flexibility index (Phi) is 14.5. The Morgan fingerprint density at radius 1 is 0.788 bits per heavy atom. The van der Waals surface area contributed by atoms with E-state index in [0.717, 1.165) is 19.1 Å². The second kappa shape index (κ2) is 16.5. The summed E-state index contributed by atoms with van der Waals surface area (Å²) in [7, 11) is 0. The molecular formula is C22H41N5O6. The maximum Gasteiger partial charge on any atom is 0.317 e. The van der Waals surface area contributed by atoms with Gasteiger partial charge < -0.3 is 20.3 Å². The Bertz CT molecular complexity index is 618. The molecule has 0 aliphatic carbocycles. The van der Waals surface area contributed by atoms with E-state index in [0.29, 0.717) is 64.8 Å². The normalized spacial score (nSPS) is 18.4. The summed E-state index contributed by atoms with van der Waals surface area (Å²) in [6.07, 6.45) is 2.80. The molecule has 11 nitrogen and oxygen atoms in total. The fraction of sp³-hybridized carbons (Fsp3) is 0.818. The molecular weight excluding hydrogens is 430 g/mol. The van der Waals surface area contributed by atoms with E-state index in [1.54, 1.807) is 9.80 Å². The summed E-state index contributed by atoms with van der Waals surface area (Å²) in [6.45, 7) is 8.92. The van der Waals surface area contributed by atoms with E-state index in [9.17, 15) is 29.4 Å². The van der Waals surface area contributed by atoms with Crippen molar-refractivity contribution in [2.45, 2.75) is 26.7 Å². The van der Waals surface area contributed by atoms with Crippen molar-refractivity contribution in [1.29, 1.82) is 0 Å². The number of carbonyl (C=O) groups excluding carboxylic acids is 2. The number of carboxylic acid groups (broad SMARTS) is 2. The van der Waals surface area contributed by atoms with Gasteiger partial charge in [0, 0.05) is 58.9 Å². The van der Waals surface area contributed by atoms with Gasteiger partial charge >= 0.3 is 11.9 Å². The lowest BCUT2D eigenvalue weighted by Crippen LogP contribution is -2.49. The lowest BCUT2D eigenvalue weighted by atomic mass is 10.1. The summed E-state index contributed by atoms with van der Waals surface area (Å²) in [5.41, 5.74) is 0. The van der Waals surface area contributed by atoms with Gasteiger partial charge in [0.05, 0.1) is 26.2 Å². The van der Waals surface area contributed by atoms with Crippen LogP contribution in [0, 0.1) is 5.92 Å². The van der Waals surface area contributed by atoms with Crippen LogP contribution in [0.1, 0.15) is 26.7 Å². The smallest absolute Gasteiger partial charge is 0.317 e. The monoisotopic (exact) mass is 471 g/mol. The summed E-state index contributed by atoms with van der Waals surface area (Å²) in [5.74, 6) is -1.37. The molecule has 3 N–H and O–H groups in total. The van der Waals surface area contributed by atoms with E-state index in [1.807, 2.05) is 9.80 Å². The van der Waals surface area contributed by atoms with Crippen molar-refractivity contribution in [2.24, 2.45) is 5.92 Å². The minimum absolute atomic E-state index is 0.0646. The number of aliphatic carboxylic acids is 2. The van der Waals surface area contributed by atoms with E-state index in [4.69, 9.17) is 0 Å². The van der Waals surface area contributed by atoms with Crippen LogP contribution in [-0.2, 0) is 19.2 Å². The molecule has 11 heteroatoms. The van der Waals surface area contributed by atoms with E-state index in [1.165, 1.54) is 0 Å². The highest BCUT2D eigenvalue weighted by Gasteiger charge is 2.20. The van der Waals surface area contributed by atoms with Crippen molar-refractivity contribution in [1.82, 2.24) is 24.9 Å². The van der Waals surface area contributed by atoms with Gasteiger partial charge in [-0.25, -0.2) is 0 Å². The van der Waals surface area contributed by atoms with E-state index < -0.39 is 11.9 Å². The number of hydrogen-bond acceptors (Lipinski definition) is 8. The molecule has 0 radical (unpaired) electrons. The van der Waals surface area contributed by atoms with Crippen molar-refractivity contribution < 1.29 is 29.4 Å². The van der Waals surface area contributed by atoms with Crippen LogP contribution in [0.2, 0.25) is 0 Å². The second-order valence-electron chi connectivity index (χ2n) is 8.97. The Morgan fingerprint density at radius 3 is 1.61 bits per heavy atom. The summed E-state index contributed by atoms with van der Waals surface area (Å²) in [6, 6.07) is 0. The molecule has 190 valence electrons. The average Bonchev–Trinajstić information content (AvgIpc) is 2.72. The summed E-state index contributed by atoms with van der Waals surface area (Å²) in [5, 5.41) is 21.4. The molecule has 0 aromatic carbocycles. The van der Waals surface area contributed by atoms with Crippen LogP contribution >= 0.6 is 0 Å². The van der Waals surface area contributed by atoms with Crippen LogP contribution in [0.25, 0.3) is 0 Å². The molecule has 0 saturated carbocycles. The third-order valence-electron chi connectivity index (χ3n) is 5.63. The van der Waals surface area contributed by atoms with Crippen molar-refractivity contribution in [3.8, 4) is 0 Å². The molecule has 1 fully saturated rings. The topological polar surface area (TPSA) is 134 Å². The zero-order valence-corrected chi connectivity index (χ0v) is 20.1. The Labute approximate surface area is 196 Å². The van der Waals surface area contributed by atoms with Gasteiger partial charge in [-0.2, -0.15) is 0 Å². The number of nitrogens with zero attached hydrogens (tertiary/aromatic N) is 4. The zero-order chi connectivity index (χ0) is 24.6. The van der Waals surface area contributed by atoms with Crippen molar-refractivity contribution >= 4 is 24.1 Å². The number of amides is 1. The number of carbonyl (C=O) groups is 4. The number of carboxylic acids is 2. The highest BCUT2D eigenvalue weighted by molar-refractivity contribution is 5.78. The Balaban J connectivity index is 2.79. The molecule has 1 heterocycles. The quantitative estimate of drug-likeness (QED) is 0.244. The fourth-order valence-electron chi connectivity index (χ4n) is 3.72. The fourth-order valence-corrected chi connectivity index (χ4v) is 3.72. The number of rotatable bonds is 12. The SMILES string of the molecule is CC(C)CCCNC(=O)CN1CCN(CC=O)CCN(CC(=O)O)CCN(CC(=O)O)CC1. The maximum absolute atomic E-state index is 12.5. The lowest BCUT2D eigenvalue weighted by molar-refractivity contribution is -0.140. The first-order valence-electron chi connectivity index (χ1n) is 11.7. The average molecular weight is 472 g/mol. The van der Waals surface area contributed by atoms with Crippen LogP contribution in [0.3, 0.4) is 0 Å². The van der Waals surface area contributed by atoms with Gasteiger partial charge in [0.1, 0.15) is 6.29 Å². The Morgan fingerprint density at radius 2 is 1.21 bits per heavy atom. The van der Waals surface area contributed by atoms with Crippen molar-refractivity contribution in [3.63, 3.8) is 0 Å². The summed E-state index contributed by atoms with van der Waals surface area (Å²) in [4.78, 5) is 53.6. The Hall–Kier alpha value is -2.08. The molecule has 0 unspecified atom stereocenters. The lowest BCUT2D eigenvalue weighted by Gasteiger charge is -2.32. The molecule has 1 rings (SSSR count). The van der Waals surface area contributed by atoms with Crippen molar-refractivity contribution in [3.05, 3.63) is 0 Å². The predicted molar refractivity (Wildman–Crippen MR) is 124 cm³/mol. The second-order valence-corrected chi connectivity index (χ2v) is 8.97. The molecule has 0 atom stereocenters. The molecule has 0 aromatic rings. The van der Waals surface area contributed by atoms with E-state index in [2.05, 4.69) is 19.2 Å². The molecule has 0 aromatic heterocycles. The summed E-state index contributed by atoms with van der Waals surface area (Å²) < 4.78 is 0. The molecule has 1 aliphatic rings. The van der Waals surface area contributed by atoms with Gasteiger partial charge in [-0.1, -0.05) is 13.8 Å². The van der Waals surface area contributed by atoms with Gasteiger partial charge in [0.25, 0.3) is 0 Å². The third kappa shape index (κ3) is 14.6. The van der Waals surface area contributed by atoms with Crippen LogP contribution in [-0.4, -0.2) is 139 Å². The van der Waals surface area contributed by atoms with E-state index in [-0.39, 0.29) is 32.1 Å². The van der Waals surface area contributed by atoms with Gasteiger partial charge in [-0.05, 0) is 18.8 Å². The minimum atomic E-state index is -0.946. The zero-order valence-electron chi connectivity index (χ0n) is 20.1.